The number of hydrogen-bond donors (Lipinski definition) is 6. The molecule has 1 rings (SSSR count). The van der Waals surface area contributed by atoms with Gasteiger partial charge in [0.05, 0.1) is 6.61 Å². The summed E-state index contributed by atoms with van der Waals surface area (Å²) in [5, 5.41) is 50.0. The molecule has 0 amide bonds. The van der Waals surface area contributed by atoms with Crippen molar-refractivity contribution in [3.05, 3.63) is 36.5 Å². The van der Waals surface area contributed by atoms with Crippen molar-refractivity contribution in [2.24, 2.45) is 0 Å². The number of rotatable bonds is 34. The van der Waals surface area contributed by atoms with E-state index in [9.17, 15) is 44.6 Å². The number of phosphoric ester groups is 1. The molecule has 6 N–H and O–H groups in total. The maximum atomic E-state index is 12.8. The lowest BCUT2D eigenvalue weighted by atomic mass is 9.85. The summed E-state index contributed by atoms with van der Waals surface area (Å²) in [6.45, 7) is 3.13. The maximum Gasteiger partial charge on any atom is 0.472 e. The first-order valence-electron chi connectivity index (χ1n) is 21.3. The Morgan fingerprint density at radius 3 is 1.54 bits per heavy atom. The third kappa shape index (κ3) is 25.4. The second kappa shape index (κ2) is 33.0. The molecule has 0 radical (unpaired) electrons. The smallest absolute Gasteiger partial charge is 0.462 e. The van der Waals surface area contributed by atoms with Gasteiger partial charge in [-0.15, -0.1) is 0 Å². The minimum Gasteiger partial charge on any atom is -0.462 e. The summed E-state index contributed by atoms with van der Waals surface area (Å²) < 4.78 is 33.4. The van der Waals surface area contributed by atoms with Crippen LogP contribution in [0.15, 0.2) is 36.5 Å². The highest BCUT2D eigenvalue weighted by Gasteiger charge is 2.51. The second-order valence-electron chi connectivity index (χ2n) is 14.9. The van der Waals surface area contributed by atoms with E-state index in [1.54, 1.807) is 0 Å². The Balaban J connectivity index is 2.51. The lowest BCUT2D eigenvalue weighted by Gasteiger charge is -2.41. The molecule has 0 aliphatic heterocycles. The maximum absolute atomic E-state index is 12.8. The number of phosphoric acid groups is 1. The number of aliphatic hydroxyl groups is 5. The highest BCUT2D eigenvalue weighted by molar-refractivity contribution is 7.47. The average molecular weight is 819 g/mol. The van der Waals surface area contributed by atoms with E-state index < -0.39 is 75.7 Å². The number of allylic oxidation sites excluding steroid dienone is 6. The van der Waals surface area contributed by atoms with E-state index >= 15 is 0 Å². The first-order chi connectivity index (χ1) is 26.9. The molecule has 0 bridgehead atoms. The molecule has 0 spiro atoms. The SMILES string of the molecule is CC/C=C/C=C/C=C/CCCCCCCC(=O)OC(COC(=O)CCCCCCCCCCCCCCCC)COP(=O)(O)OC1C(O)C(O)C(O)[C@H](O)C1O. The van der Waals surface area contributed by atoms with Crippen LogP contribution >= 0.6 is 7.82 Å². The zero-order valence-corrected chi connectivity index (χ0v) is 35.1. The normalized spacial score (nSPS) is 23.2. The van der Waals surface area contributed by atoms with E-state index in [1.165, 1.54) is 64.2 Å². The van der Waals surface area contributed by atoms with Crippen molar-refractivity contribution in [3.8, 4) is 0 Å². The average Bonchev–Trinajstić information content (AvgIpc) is 3.18. The summed E-state index contributed by atoms with van der Waals surface area (Å²) in [6.07, 6.45) is 22.1. The zero-order chi connectivity index (χ0) is 41.4. The highest BCUT2D eigenvalue weighted by atomic mass is 31.2. The second-order valence-corrected chi connectivity index (χ2v) is 16.3. The van der Waals surface area contributed by atoms with Crippen molar-refractivity contribution in [1.29, 1.82) is 0 Å². The molecule has 0 aromatic carbocycles. The molecule has 8 atom stereocenters. The molecular weight excluding hydrogens is 743 g/mol. The fourth-order valence-corrected chi connectivity index (χ4v) is 7.32. The number of hydrogen-bond acceptors (Lipinski definition) is 12. The Morgan fingerprint density at radius 1 is 0.571 bits per heavy atom. The van der Waals surface area contributed by atoms with Crippen LogP contribution in [-0.2, 0) is 32.7 Å². The molecule has 0 heterocycles. The van der Waals surface area contributed by atoms with Crippen LogP contribution in [0.4, 0.5) is 0 Å². The van der Waals surface area contributed by atoms with Gasteiger partial charge in [-0.25, -0.2) is 4.57 Å². The van der Waals surface area contributed by atoms with Crippen LogP contribution in [0, 0.1) is 0 Å². The molecule has 0 aromatic heterocycles. The van der Waals surface area contributed by atoms with Crippen molar-refractivity contribution >= 4 is 19.8 Å². The predicted octanol–water partition coefficient (Wildman–Crippen LogP) is 7.44. The van der Waals surface area contributed by atoms with Crippen LogP contribution < -0.4 is 0 Å². The molecule has 1 aliphatic carbocycles. The molecule has 1 aliphatic rings. The van der Waals surface area contributed by atoms with Gasteiger partial charge in [-0.1, -0.05) is 153 Å². The standard InChI is InChI=1S/C42H75O13P/c1-3-5-7-9-11-13-15-17-19-20-22-24-26-28-30-35(43)52-32-34(33-53-56(50,51)55-42-40(48)38(46)37(45)39(47)41(42)49)54-36(44)31-29-27-25-23-21-18-16-14-12-10-8-6-4-2/h6,8,10,12,14,16,34,37-42,45-49H,3-5,7,9,11,13,15,17-33H2,1-2H3,(H,50,51)/b8-6+,12-10+,16-14+/t34?,37?,38-,39?,40?,41?,42?/m0/s1. The predicted molar refractivity (Wildman–Crippen MR) is 216 cm³/mol. The van der Waals surface area contributed by atoms with Crippen molar-refractivity contribution in [2.45, 2.75) is 204 Å². The Labute approximate surface area is 336 Å². The monoisotopic (exact) mass is 818 g/mol. The largest absolute Gasteiger partial charge is 0.472 e. The van der Waals surface area contributed by atoms with Crippen molar-refractivity contribution in [3.63, 3.8) is 0 Å². The molecule has 1 saturated carbocycles. The van der Waals surface area contributed by atoms with E-state index in [0.717, 1.165) is 57.8 Å². The molecule has 0 aromatic rings. The fraction of sp³-hybridized carbons (Fsp3) is 0.810. The van der Waals surface area contributed by atoms with Crippen molar-refractivity contribution in [1.82, 2.24) is 0 Å². The Hall–Kier alpha value is -1.93. The van der Waals surface area contributed by atoms with Gasteiger partial charge in [0.2, 0.25) is 0 Å². The minimum absolute atomic E-state index is 0.0747. The fourth-order valence-electron chi connectivity index (χ4n) is 6.35. The van der Waals surface area contributed by atoms with E-state index in [-0.39, 0.29) is 12.8 Å². The number of ether oxygens (including phenoxy) is 2. The van der Waals surface area contributed by atoms with Crippen LogP contribution in [0.25, 0.3) is 0 Å². The quantitative estimate of drug-likeness (QED) is 0.0162. The highest BCUT2D eigenvalue weighted by Crippen LogP contribution is 2.47. The van der Waals surface area contributed by atoms with Gasteiger partial charge in [0, 0.05) is 12.8 Å². The molecule has 1 fully saturated rings. The first kappa shape index (κ1) is 52.1. The van der Waals surface area contributed by atoms with Gasteiger partial charge in [-0.3, -0.25) is 18.6 Å². The molecule has 326 valence electrons. The Morgan fingerprint density at radius 2 is 1.02 bits per heavy atom. The van der Waals surface area contributed by atoms with Crippen LogP contribution in [0.2, 0.25) is 0 Å². The molecule has 7 unspecified atom stereocenters. The number of esters is 2. The summed E-state index contributed by atoms with van der Waals surface area (Å²) in [4.78, 5) is 35.6. The van der Waals surface area contributed by atoms with Gasteiger partial charge >= 0.3 is 19.8 Å². The topological polar surface area (TPSA) is 210 Å². The van der Waals surface area contributed by atoms with E-state index in [1.807, 2.05) is 24.3 Å². The number of carbonyl (C=O) groups is 2. The molecule has 56 heavy (non-hydrogen) atoms. The Kier molecular flexibility index (Phi) is 30.7. The summed E-state index contributed by atoms with van der Waals surface area (Å²) >= 11 is 0. The summed E-state index contributed by atoms with van der Waals surface area (Å²) in [6, 6.07) is 0. The number of aliphatic hydroxyl groups excluding tert-OH is 5. The molecular formula is C42H75O13P. The van der Waals surface area contributed by atoms with Crippen molar-refractivity contribution in [2.75, 3.05) is 13.2 Å². The van der Waals surface area contributed by atoms with Crippen LogP contribution in [0.1, 0.15) is 162 Å². The van der Waals surface area contributed by atoms with Crippen LogP contribution in [0.5, 0.6) is 0 Å². The molecule has 14 heteroatoms. The third-order valence-corrected chi connectivity index (χ3v) is 10.8. The summed E-state index contributed by atoms with van der Waals surface area (Å²) in [5.74, 6) is -1.12. The van der Waals surface area contributed by atoms with E-state index in [4.69, 9.17) is 18.5 Å². The van der Waals surface area contributed by atoms with Gasteiger partial charge in [-0.2, -0.15) is 0 Å². The first-order valence-corrected chi connectivity index (χ1v) is 22.8. The summed E-state index contributed by atoms with van der Waals surface area (Å²) in [7, 11) is -5.12. The Bertz CT molecular complexity index is 1130. The third-order valence-electron chi connectivity index (χ3n) is 9.81. The molecule has 13 nitrogen and oxygen atoms in total. The van der Waals surface area contributed by atoms with Gasteiger partial charge in [0.15, 0.2) is 6.10 Å². The zero-order valence-electron chi connectivity index (χ0n) is 34.2. The molecule has 0 saturated heterocycles. The number of unbranched alkanes of at least 4 members (excludes halogenated alkanes) is 18. The van der Waals surface area contributed by atoms with E-state index in [0.29, 0.717) is 12.8 Å². The van der Waals surface area contributed by atoms with Crippen molar-refractivity contribution < 1.29 is 63.1 Å². The van der Waals surface area contributed by atoms with Crippen LogP contribution in [-0.4, -0.2) is 98.3 Å². The van der Waals surface area contributed by atoms with Crippen LogP contribution in [0.3, 0.4) is 0 Å². The van der Waals surface area contributed by atoms with Gasteiger partial charge in [-0.05, 0) is 32.1 Å². The lowest BCUT2D eigenvalue weighted by Crippen LogP contribution is -2.64. The summed E-state index contributed by atoms with van der Waals surface area (Å²) in [5.41, 5.74) is 0. The van der Waals surface area contributed by atoms with Gasteiger partial charge in [0.1, 0.15) is 43.2 Å². The minimum atomic E-state index is -5.12. The van der Waals surface area contributed by atoms with Gasteiger partial charge < -0.3 is 39.9 Å². The lowest BCUT2D eigenvalue weighted by molar-refractivity contribution is -0.220. The van der Waals surface area contributed by atoms with Gasteiger partial charge in [0.25, 0.3) is 0 Å². The van der Waals surface area contributed by atoms with E-state index in [2.05, 4.69) is 26.0 Å². The number of carbonyl (C=O) groups excluding carboxylic acids is 2.